The van der Waals surface area contributed by atoms with Crippen molar-refractivity contribution in [3.8, 4) is 5.69 Å². The predicted octanol–water partition coefficient (Wildman–Crippen LogP) is 4.99. The van der Waals surface area contributed by atoms with E-state index in [1.54, 1.807) is 28.9 Å². The van der Waals surface area contributed by atoms with Crippen molar-refractivity contribution in [3.05, 3.63) is 71.5 Å². The van der Waals surface area contributed by atoms with Crippen molar-refractivity contribution in [2.45, 2.75) is 30.9 Å². The van der Waals surface area contributed by atoms with Gasteiger partial charge in [0, 0.05) is 16.2 Å². The van der Waals surface area contributed by atoms with Gasteiger partial charge in [-0.2, -0.15) is 13.9 Å². The molecule has 7 heteroatoms. The largest absolute Gasteiger partial charge is 0.325 e. The van der Waals surface area contributed by atoms with Gasteiger partial charge in [0.25, 0.3) is 5.76 Å². The van der Waals surface area contributed by atoms with Crippen molar-refractivity contribution in [1.29, 1.82) is 0 Å². The lowest BCUT2D eigenvalue weighted by molar-refractivity contribution is -0.115. The molecule has 3 rings (SSSR count). The molecule has 0 saturated heterocycles. The quantitative estimate of drug-likeness (QED) is 0.607. The molecule has 0 spiro atoms. The number of thioether (sulfide) groups is 1. The van der Waals surface area contributed by atoms with E-state index in [2.05, 4.69) is 10.4 Å². The van der Waals surface area contributed by atoms with Crippen molar-refractivity contribution in [2.75, 3.05) is 5.32 Å². The van der Waals surface area contributed by atoms with E-state index in [0.29, 0.717) is 22.3 Å². The summed E-state index contributed by atoms with van der Waals surface area (Å²) in [7, 11) is 0. The molecule has 0 aliphatic rings. The van der Waals surface area contributed by atoms with E-state index in [9.17, 15) is 13.6 Å². The van der Waals surface area contributed by atoms with Gasteiger partial charge in [-0.15, -0.1) is 0 Å². The number of hydrogen-bond donors (Lipinski definition) is 1. The fourth-order valence-electron chi connectivity index (χ4n) is 2.88. The molecule has 0 saturated carbocycles. The van der Waals surface area contributed by atoms with E-state index in [1.807, 2.05) is 44.2 Å². The highest BCUT2D eigenvalue weighted by atomic mass is 32.2. The number of anilines is 1. The molecule has 0 bridgehead atoms. The van der Waals surface area contributed by atoms with Crippen LogP contribution in [0.2, 0.25) is 0 Å². The van der Waals surface area contributed by atoms with Gasteiger partial charge in [-0.1, -0.05) is 42.1 Å². The number of carbonyl (C=O) groups excluding carboxylic acids is 1. The minimum Gasteiger partial charge on any atom is -0.325 e. The summed E-state index contributed by atoms with van der Waals surface area (Å²) in [4.78, 5) is 12.9. The predicted molar refractivity (Wildman–Crippen MR) is 104 cm³/mol. The smallest absolute Gasteiger partial charge is 0.288 e. The van der Waals surface area contributed by atoms with Crippen LogP contribution in [-0.2, 0) is 11.2 Å². The molecule has 27 heavy (non-hydrogen) atoms. The van der Waals surface area contributed by atoms with Gasteiger partial charge in [-0.3, -0.25) is 4.79 Å². The van der Waals surface area contributed by atoms with Crippen LogP contribution in [0.3, 0.4) is 0 Å². The van der Waals surface area contributed by atoms with E-state index < -0.39 is 5.76 Å². The van der Waals surface area contributed by atoms with E-state index in [0.717, 1.165) is 22.6 Å². The van der Waals surface area contributed by atoms with Crippen molar-refractivity contribution < 1.29 is 13.6 Å². The maximum absolute atomic E-state index is 12.7. The molecule has 1 aromatic heterocycles. The van der Waals surface area contributed by atoms with Crippen LogP contribution in [-0.4, -0.2) is 21.4 Å². The lowest BCUT2D eigenvalue weighted by atomic mass is 10.1. The summed E-state index contributed by atoms with van der Waals surface area (Å²) in [6.07, 6.45) is 0.123. The fraction of sp³-hybridized carbons (Fsp3) is 0.200. The molecule has 140 valence electrons. The number of halogens is 2. The minimum atomic E-state index is -2.54. The normalized spacial score (nSPS) is 11.0. The number of hydrogen-bond acceptors (Lipinski definition) is 3. The first kappa shape index (κ1) is 19.1. The summed E-state index contributed by atoms with van der Waals surface area (Å²) in [6, 6.07) is 16.2. The lowest BCUT2D eigenvalue weighted by Crippen LogP contribution is -2.16. The summed E-state index contributed by atoms with van der Waals surface area (Å²) in [5, 5.41) is 7.27. The zero-order valence-electron chi connectivity index (χ0n) is 14.9. The van der Waals surface area contributed by atoms with E-state index in [-0.39, 0.29) is 12.3 Å². The second-order valence-electron chi connectivity index (χ2n) is 6.00. The molecule has 1 amide bonds. The zero-order chi connectivity index (χ0) is 19.4. The number of nitrogens with zero attached hydrogens (tertiary/aromatic N) is 2. The molecule has 0 aliphatic heterocycles. The van der Waals surface area contributed by atoms with Gasteiger partial charge in [-0.25, -0.2) is 4.68 Å². The van der Waals surface area contributed by atoms with Crippen LogP contribution in [0.25, 0.3) is 5.69 Å². The standard InChI is InChI=1S/C20H19F2N3OS/c1-13-16(14(2)25(24-13)15-8-4-3-5-9-15)12-19(26)23-17-10-6-7-11-18(17)27-20(21)22/h3-11,20H,12H2,1-2H3,(H,23,26). The number of rotatable bonds is 6. The fourth-order valence-corrected chi connectivity index (χ4v) is 3.47. The van der Waals surface area contributed by atoms with Crippen LogP contribution in [0.1, 0.15) is 17.0 Å². The Morgan fingerprint density at radius 3 is 2.48 bits per heavy atom. The molecule has 4 nitrogen and oxygen atoms in total. The van der Waals surface area contributed by atoms with Gasteiger partial charge < -0.3 is 5.32 Å². The zero-order valence-corrected chi connectivity index (χ0v) is 15.8. The average Bonchev–Trinajstić information content (AvgIpc) is 2.92. The molecule has 0 unspecified atom stereocenters. The number of benzene rings is 2. The Bertz CT molecular complexity index is 942. The highest BCUT2D eigenvalue weighted by Crippen LogP contribution is 2.31. The number of nitrogens with one attached hydrogen (secondary N) is 1. The molecule has 0 aliphatic carbocycles. The van der Waals surface area contributed by atoms with Gasteiger partial charge >= 0.3 is 0 Å². The monoisotopic (exact) mass is 387 g/mol. The van der Waals surface area contributed by atoms with Crippen LogP contribution in [0.15, 0.2) is 59.5 Å². The van der Waals surface area contributed by atoms with Crippen molar-refractivity contribution in [3.63, 3.8) is 0 Å². The first-order valence-electron chi connectivity index (χ1n) is 8.40. The van der Waals surface area contributed by atoms with Crippen LogP contribution in [0.4, 0.5) is 14.5 Å². The Labute approximate surface area is 160 Å². The third-order valence-corrected chi connectivity index (χ3v) is 4.94. The first-order valence-corrected chi connectivity index (χ1v) is 9.28. The third-order valence-electron chi connectivity index (χ3n) is 4.16. The van der Waals surface area contributed by atoms with Gasteiger partial charge in [0.15, 0.2) is 0 Å². The maximum Gasteiger partial charge on any atom is 0.288 e. The molecule has 2 aromatic carbocycles. The van der Waals surface area contributed by atoms with Gasteiger partial charge in [-0.05, 0) is 38.1 Å². The summed E-state index contributed by atoms with van der Waals surface area (Å²) < 4.78 is 27.2. The average molecular weight is 387 g/mol. The molecule has 1 heterocycles. The topological polar surface area (TPSA) is 46.9 Å². The number of alkyl halides is 2. The van der Waals surface area contributed by atoms with Gasteiger partial charge in [0.05, 0.1) is 23.5 Å². The van der Waals surface area contributed by atoms with Gasteiger partial charge in [0.2, 0.25) is 5.91 Å². The molecular weight excluding hydrogens is 368 g/mol. The Morgan fingerprint density at radius 1 is 1.11 bits per heavy atom. The first-order chi connectivity index (χ1) is 13.0. The second kappa shape index (κ2) is 8.35. The number of para-hydroxylation sites is 2. The summed E-state index contributed by atoms with van der Waals surface area (Å²) in [5.74, 6) is -2.81. The number of aryl methyl sites for hydroxylation is 1. The molecular formula is C20H19F2N3OS. The Morgan fingerprint density at radius 2 is 1.78 bits per heavy atom. The highest BCUT2D eigenvalue weighted by molar-refractivity contribution is 7.99. The summed E-state index contributed by atoms with van der Waals surface area (Å²) in [5.41, 5.74) is 3.78. The Kier molecular flexibility index (Phi) is 5.91. The van der Waals surface area contributed by atoms with Crippen LogP contribution in [0.5, 0.6) is 0 Å². The number of amides is 1. The van der Waals surface area contributed by atoms with Crippen molar-refractivity contribution in [1.82, 2.24) is 9.78 Å². The number of aromatic nitrogens is 2. The maximum atomic E-state index is 12.7. The summed E-state index contributed by atoms with van der Waals surface area (Å²) in [6.45, 7) is 3.77. The molecule has 0 atom stereocenters. The van der Waals surface area contributed by atoms with Gasteiger partial charge in [0.1, 0.15) is 0 Å². The van der Waals surface area contributed by atoms with Crippen LogP contribution in [0, 0.1) is 13.8 Å². The third kappa shape index (κ3) is 4.54. The number of carbonyl (C=O) groups is 1. The van der Waals surface area contributed by atoms with Crippen LogP contribution >= 0.6 is 11.8 Å². The lowest BCUT2D eigenvalue weighted by Gasteiger charge is -2.10. The SMILES string of the molecule is Cc1nn(-c2ccccc2)c(C)c1CC(=O)Nc1ccccc1SC(F)F. The molecule has 3 aromatic rings. The minimum absolute atomic E-state index is 0.123. The van der Waals surface area contributed by atoms with Crippen molar-refractivity contribution >= 4 is 23.4 Å². The van der Waals surface area contributed by atoms with E-state index in [4.69, 9.17) is 0 Å². The van der Waals surface area contributed by atoms with E-state index in [1.165, 1.54) is 0 Å². The van der Waals surface area contributed by atoms with E-state index >= 15 is 0 Å². The highest BCUT2D eigenvalue weighted by Gasteiger charge is 2.17. The molecule has 1 N–H and O–H groups in total. The Balaban J connectivity index is 1.79. The molecule has 0 fully saturated rings. The molecule has 0 radical (unpaired) electrons. The van der Waals surface area contributed by atoms with Crippen LogP contribution < -0.4 is 5.32 Å². The Hall–Kier alpha value is -2.67. The summed E-state index contributed by atoms with van der Waals surface area (Å²) >= 11 is 0.417. The van der Waals surface area contributed by atoms with Crippen molar-refractivity contribution in [2.24, 2.45) is 0 Å². The second-order valence-corrected chi connectivity index (χ2v) is 7.03.